The lowest BCUT2D eigenvalue weighted by atomic mass is 9.91. The van der Waals surface area contributed by atoms with Crippen molar-refractivity contribution in [1.29, 1.82) is 0 Å². The number of aryl methyl sites for hydroxylation is 1. The highest BCUT2D eigenvalue weighted by Crippen LogP contribution is 2.36. The van der Waals surface area contributed by atoms with Gasteiger partial charge >= 0.3 is 5.97 Å². The van der Waals surface area contributed by atoms with Crippen molar-refractivity contribution in [3.05, 3.63) is 46.5 Å². The average Bonchev–Trinajstić information content (AvgIpc) is 2.89. The molecule has 1 aromatic carbocycles. The summed E-state index contributed by atoms with van der Waals surface area (Å²) < 4.78 is 0. The molecule has 6 heteroatoms. The smallest absolute Gasteiger partial charge is 0.312 e. The molecule has 0 radical (unpaired) electrons. The van der Waals surface area contributed by atoms with Gasteiger partial charge in [0.2, 0.25) is 0 Å². The number of carbonyl (C=O) groups is 2. The number of nitrogens with one attached hydrogen (secondary N) is 1. The minimum Gasteiger partial charge on any atom is -0.481 e. The van der Waals surface area contributed by atoms with Gasteiger partial charge in [-0.15, -0.1) is 11.3 Å². The van der Waals surface area contributed by atoms with Gasteiger partial charge in [-0.3, -0.25) is 14.9 Å². The van der Waals surface area contributed by atoms with E-state index in [1.165, 1.54) is 11.3 Å². The molecule has 1 amide bonds. The van der Waals surface area contributed by atoms with E-state index in [1.54, 1.807) is 24.3 Å². The molecule has 0 fully saturated rings. The summed E-state index contributed by atoms with van der Waals surface area (Å²) in [7, 11) is 0. The number of anilines is 1. The highest BCUT2D eigenvalue weighted by Gasteiger charge is 2.30. The lowest BCUT2D eigenvalue weighted by Crippen LogP contribution is -2.17. The maximum atomic E-state index is 12.1. The van der Waals surface area contributed by atoms with Crippen molar-refractivity contribution in [3.8, 4) is 0 Å². The van der Waals surface area contributed by atoms with Crippen LogP contribution in [0.5, 0.6) is 0 Å². The van der Waals surface area contributed by atoms with Gasteiger partial charge in [0.1, 0.15) is 5.92 Å². The summed E-state index contributed by atoms with van der Waals surface area (Å²) in [5, 5.41) is 12.5. The molecule has 1 atom stereocenters. The molecule has 1 aromatic heterocycles. The number of benzene rings is 1. The predicted octanol–water partition coefficient (Wildman–Crippen LogP) is 2.90. The van der Waals surface area contributed by atoms with Crippen molar-refractivity contribution in [2.75, 3.05) is 5.32 Å². The third-order valence-corrected chi connectivity index (χ3v) is 4.56. The van der Waals surface area contributed by atoms with E-state index in [0.717, 1.165) is 17.7 Å². The van der Waals surface area contributed by atoms with Crippen LogP contribution in [0.4, 0.5) is 5.13 Å². The maximum absolute atomic E-state index is 12.1. The van der Waals surface area contributed by atoms with Crippen LogP contribution in [-0.2, 0) is 11.2 Å². The van der Waals surface area contributed by atoms with Crippen LogP contribution in [-0.4, -0.2) is 22.0 Å². The second-order valence-corrected chi connectivity index (χ2v) is 6.01. The predicted molar refractivity (Wildman–Crippen MR) is 79.8 cm³/mol. The van der Waals surface area contributed by atoms with Crippen molar-refractivity contribution >= 4 is 28.3 Å². The molecular weight excluding hydrogens is 288 g/mol. The summed E-state index contributed by atoms with van der Waals surface area (Å²) in [6.45, 7) is 0. The largest absolute Gasteiger partial charge is 0.481 e. The highest BCUT2D eigenvalue weighted by molar-refractivity contribution is 7.15. The Kier molecular flexibility index (Phi) is 3.70. The summed E-state index contributed by atoms with van der Waals surface area (Å²) >= 11 is 1.37. The Hall–Kier alpha value is -2.21. The fraction of sp³-hybridized carbons (Fsp3) is 0.267. The number of carboxylic acid groups (broad SMARTS) is 1. The van der Waals surface area contributed by atoms with E-state index in [4.69, 9.17) is 0 Å². The number of hydrogen-bond acceptors (Lipinski definition) is 4. The Balaban J connectivity index is 1.82. The molecule has 2 N–H and O–H groups in total. The van der Waals surface area contributed by atoms with Gasteiger partial charge < -0.3 is 5.11 Å². The van der Waals surface area contributed by atoms with Crippen LogP contribution >= 0.6 is 11.3 Å². The van der Waals surface area contributed by atoms with Gasteiger partial charge in [0, 0.05) is 10.4 Å². The highest BCUT2D eigenvalue weighted by atomic mass is 32.1. The Morgan fingerprint density at radius 3 is 2.76 bits per heavy atom. The monoisotopic (exact) mass is 302 g/mol. The van der Waals surface area contributed by atoms with Gasteiger partial charge in [-0.1, -0.05) is 18.2 Å². The lowest BCUT2D eigenvalue weighted by Gasteiger charge is -2.16. The van der Waals surface area contributed by atoms with E-state index in [1.807, 2.05) is 6.07 Å². The number of thiazole rings is 1. The number of nitrogens with zero attached hydrogens (tertiary/aromatic N) is 1. The van der Waals surface area contributed by atoms with E-state index in [9.17, 15) is 14.7 Å². The van der Waals surface area contributed by atoms with E-state index in [0.29, 0.717) is 22.8 Å². The molecule has 0 spiro atoms. The Morgan fingerprint density at radius 1 is 1.29 bits per heavy atom. The molecule has 21 heavy (non-hydrogen) atoms. The number of carbonyl (C=O) groups excluding carboxylic acids is 1. The van der Waals surface area contributed by atoms with Crippen molar-refractivity contribution in [3.63, 3.8) is 0 Å². The fourth-order valence-corrected chi connectivity index (χ4v) is 3.53. The second-order valence-electron chi connectivity index (χ2n) is 4.93. The minimum absolute atomic E-state index is 0.228. The van der Waals surface area contributed by atoms with Gasteiger partial charge in [-0.25, -0.2) is 4.98 Å². The third kappa shape index (κ3) is 2.80. The number of carboxylic acids is 1. The van der Waals surface area contributed by atoms with Gasteiger partial charge in [0.15, 0.2) is 5.13 Å². The van der Waals surface area contributed by atoms with E-state index in [-0.39, 0.29) is 5.91 Å². The first-order valence-corrected chi connectivity index (χ1v) is 7.55. The molecule has 3 rings (SSSR count). The van der Waals surface area contributed by atoms with E-state index < -0.39 is 11.9 Å². The minimum atomic E-state index is -0.845. The molecule has 0 bridgehead atoms. The number of aliphatic carboxylic acids is 1. The van der Waals surface area contributed by atoms with Crippen LogP contribution < -0.4 is 5.32 Å². The van der Waals surface area contributed by atoms with E-state index >= 15 is 0 Å². The molecule has 0 saturated heterocycles. The zero-order valence-corrected chi connectivity index (χ0v) is 12.0. The van der Waals surface area contributed by atoms with Crippen LogP contribution in [0.3, 0.4) is 0 Å². The first-order chi connectivity index (χ1) is 10.1. The topological polar surface area (TPSA) is 79.3 Å². The standard InChI is InChI=1S/C15H14N2O3S/c18-13(9-5-2-1-3-6-9)17-15-16-12-10(14(19)20)7-4-8-11(12)21-15/h1-3,5-6,10H,4,7-8H2,(H,19,20)(H,16,17,18)/t10-/m1/s1. The first kappa shape index (κ1) is 13.8. The van der Waals surface area contributed by atoms with Crippen molar-refractivity contribution in [1.82, 2.24) is 4.98 Å². The van der Waals surface area contributed by atoms with Gasteiger partial charge in [0.25, 0.3) is 5.91 Å². The zero-order chi connectivity index (χ0) is 14.8. The number of rotatable bonds is 3. The molecule has 0 aliphatic heterocycles. The summed E-state index contributed by atoms with van der Waals surface area (Å²) in [5.74, 6) is -1.62. The molecule has 1 aliphatic rings. The summed E-state index contributed by atoms with van der Waals surface area (Å²) in [5.41, 5.74) is 1.17. The zero-order valence-electron chi connectivity index (χ0n) is 11.2. The Labute approximate surface area is 125 Å². The van der Waals surface area contributed by atoms with Crippen LogP contribution in [0, 0.1) is 0 Å². The molecule has 5 nitrogen and oxygen atoms in total. The SMILES string of the molecule is O=C(Nc1nc2c(s1)CCC[C@H]2C(=O)O)c1ccccc1. The number of aromatic nitrogens is 1. The van der Waals surface area contributed by atoms with Crippen molar-refractivity contribution < 1.29 is 14.7 Å². The quantitative estimate of drug-likeness (QED) is 0.913. The summed E-state index contributed by atoms with van der Waals surface area (Å²) in [6.07, 6.45) is 2.29. The second kappa shape index (κ2) is 5.65. The van der Waals surface area contributed by atoms with Crippen molar-refractivity contribution in [2.45, 2.75) is 25.2 Å². The summed E-state index contributed by atoms with van der Waals surface area (Å²) in [4.78, 5) is 28.6. The molecular formula is C15H14N2O3S. The van der Waals surface area contributed by atoms with Crippen LogP contribution in [0.2, 0.25) is 0 Å². The van der Waals surface area contributed by atoms with Crippen LogP contribution in [0.1, 0.15) is 39.7 Å². The van der Waals surface area contributed by atoms with Crippen LogP contribution in [0.25, 0.3) is 0 Å². The molecule has 0 unspecified atom stereocenters. The fourth-order valence-electron chi connectivity index (χ4n) is 2.47. The third-order valence-electron chi connectivity index (χ3n) is 3.51. The molecule has 2 aromatic rings. The number of amides is 1. The Morgan fingerprint density at radius 2 is 2.05 bits per heavy atom. The average molecular weight is 302 g/mol. The normalized spacial score (nSPS) is 17.0. The number of hydrogen-bond donors (Lipinski definition) is 2. The van der Waals surface area contributed by atoms with Crippen LogP contribution in [0.15, 0.2) is 30.3 Å². The Bertz CT molecular complexity index is 681. The maximum Gasteiger partial charge on any atom is 0.312 e. The molecule has 1 heterocycles. The van der Waals surface area contributed by atoms with Crippen molar-refractivity contribution in [2.24, 2.45) is 0 Å². The van der Waals surface area contributed by atoms with Gasteiger partial charge in [-0.05, 0) is 31.4 Å². The molecule has 0 saturated carbocycles. The molecule has 1 aliphatic carbocycles. The number of fused-ring (bicyclic) bond motifs is 1. The summed E-state index contributed by atoms with van der Waals surface area (Å²) in [6, 6.07) is 8.88. The van der Waals surface area contributed by atoms with Gasteiger partial charge in [-0.2, -0.15) is 0 Å². The molecule has 108 valence electrons. The lowest BCUT2D eigenvalue weighted by molar-refractivity contribution is -0.139. The van der Waals surface area contributed by atoms with Gasteiger partial charge in [0.05, 0.1) is 5.69 Å². The first-order valence-electron chi connectivity index (χ1n) is 6.74. The van der Waals surface area contributed by atoms with E-state index in [2.05, 4.69) is 10.3 Å².